The lowest BCUT2D eigenvalue weighted by Gasteiger charge is -2.26. The fourth-order valence-electron chi connectivity index (χ4n) is 3.35. The summed E-state index contributed by atoms with van der Waals surface area (Å²) in [5.41, 5.74) is 2.87. The molecule has 2 amide bonds. The molecule has 0 unspecified atom stereocenters. The average Bonchev–Trinajstić information content (AvgIpc) is 2.66. The number of amides is 2. The lowest BCUT2D eigenvalue weighted by atomic mass is 9.92. The van der Waals surface area contributed by atoms with Crippen LogP contribution in [0.1, 0.15) is 24.0 Å². The van der Waals surface area contributed by atoms with Gasteiger partial charge >= 0.3 is 6.03 Å². The van der Waals surface area contributed by atoms with E-state index in [-0.39, 0.29) is 6.03 Å². The maximum Gasteiger partial charge on any atom is 0.314 e. The van der Waals surface area contributed by atoms with Crippen molar-refractivity contribution >= 4 is 6.03 Å². The number of morpholine rings is 1. The Morgan fingerprint density at radius 2 is 1.84 bits per heavy atom. The van der Waals surface area contributed by atoms with E-state index >= 15 is 0 Å². The molecule has 0 saturated carbocycles. The summed E-state index contributed by atoms with van der Waals surface area (Å²) in [7, 11) is 0. The highest BCUT2D eigenvalue weighted by molar-refractivity contribution is 5.73. The number of hydrogen-bond donors (Lipinski definition) is 2. The van der Waals surface area contributed by atoms with Crippen LogP contribution in [-0.4, -0.2) is 63.5 Å². The van der Waals surface area contributed by atoms with Crippen LogP contribution in [0.5, 0.6) is 5.75 Å². The van der Waals surface area contributed by atoms with Gasteiger partial charge < -0.3 is 20.1 Å². The predicted molar refractivity (Wildman–Crippen MR) is 97.2 cm³/mol. The average molecular weight is 347 g/mol. The van der Waals surface area contributed by atoms with E-state index in [1.54, 1.807) is 0 Å². The van der Waals surface area contributed by atoms with Gasteiger partial charge in [-0.25, -0.2) is 4.79 Å². The van der Waals surface area contributed by atoms with Gasteiger partial charge in [-0.3, -0.25) is 4.90 Å². The van der Waals surface area contributed by atoms with Crippen molar-refractivity contribution in [1.82, 2.24) is 15.5 Å². The smallest absolute Gasteiger partial charge is 0.314 e. The lowest BCUT2D eigenvalue weighted by molar-refractivity contribution is 0.0387. The second kappa shape index (κ2) is 9.63. The van der Waals surface area contributed by atoms with E-state index in [0.717, 1.165) is 45.0 Å². The Morgan fingerprint density at radius 1 is 1.08 bits per heavy atom. The van der Waals surface area contributed by atoms with Crippen LogP contribution in [0.4, 0.5) is 4.79 Å². The van der Waals surface area contributed by atoms with E-state index in [1.165, 1.54) is 30.4 Å². The normalized spacial score (nSPS) is 17.6. The molecule has 1 aromatic rings. The van der Waals surface area contributed by atoms with Crippen LogP contribution in [0, 0.1) is 0 Å². The fraction of sp³-hybridized carbons (Fsp3) is 0.632. The molecule has 1 aromatic carbocycles. The molecule has 2 aliphatic rings. The van der Waals surface area contributed by atoms with Crippen LogP contribution in [0.15, 0.2) is 18.2 Å². The molecule has 6 heteroatoms. The van der Waals surface area contributed by atoms with Crippen molar-refractivity contribution in [2.45, 2.75) is 25.7 Å². The summed E-state index contributed by atoms with van der Waals surface area (Å²) in [6, 6.07) is 6.22. The van der Waals surface area contributed by atoms with Crippen molar-refractivity contribution in [1.29, 1.82) is 0 Å². The van der Waals surface area contributed by atoms with Gasteiger partial charge in [-0.1, -0.05) is 6.07 Å². The number of aryl methyl sites for hydroxylation is 2. The molecule has 1 fully saturated rings. The monoisotopic (exact) mass is 347 g/mol. The second-order valence-corrected chi connectivity index (χ2v) is 6.62. The van der Waals surface area contributed by atoms with Gasteiger partial charge in [0, 0.05) is 26.2 Å². The highest BCUT2D eigenvalue weighted by Gasteiger charge is 2.11. The summed E-state index contributed by atoms with van der Waals surface area (Å²) < 4.78 is 11.1. The van der Waals surface area contributed by atoms with Gasteiger partial charge in [-0.15, -0.1) is 0 Å². The molecular formula is C19H29N3O3. The standard InChI is InChI=1S/C19H29N3O3/c23-19(20-7-9-22-10-13-24-14-11-22)21-8-12-25-18-6-5-16-3-1-2-4-17(16)15-18/h5-6,15H,1-4,7-14H2,(H2,20,21,23). The summed E-state index contributed by atoms with van der Waals surface area (Å²) >= 11 is 0. The van der Waals surface area contributed by atoms with Crippen molar-refractivity contribution < 1.29 is 14.3 Å². The predicted octanol–water partition coefficient (Wildman–Crippen LogP) is 1.58. The first kappa shape index (κ1) is 18.0. The number of hydrogen-bond acceptors (Lipinski definition) is 4. The Bertz CT molecular complexity index is 559. The zero-order valence-electron chi connectivity index (χ0n) is 14.9. The van der Waals surface area contributed by atoms with E-state index in [4.69, 9.17) is 9.47 Å². The summed E-state index contributed by atoms with van der Waals surface area (Å²) in [4.78, 5) is 14.1. The van der Waals surface area contributed by atoms with Crippen LogP contribution in [0.2, 0.25) is 0 Å². The first-order valence-electron chi connectivity index (χ1n) is 9.38. The number of ether oxygens (including phenoxy) is 2. The zero-order valence-corrected chi connectivity index (χ0v) is 14.9. The van der Waals surface area contributed by atoms with Crippen LogP contribution in [0.25, 0.3) is 0 Å². The molecule has 1 aliphatic heterocycles. The van der Waals surface area contributed by atoms with Gasteiger partial charge in [0.2, 0.25) is 0 Å². The maximum atomic E-state index is 11.8. The van der Waals surface area contributed by atoms with Crippen LogP contribution >= 0.6 is 0 Å². The van der Waals surface area contributed by atoms with Crippen LogP contribution in [-0.2, 0) is 17.6 Å². The Kier molecular flexibility index (Phi) is 6.94. The van der Waals surface area contributed by atoms with Crippen molar-refractivity contribution in [3.63, 3.8) is 0 Å². The number of benzene rings is 1. The number of rotatable bonds is 7. The van der Waals surface area contributed by atoms with Gasteiger partial charge in [0.05, 0.1) is 19.8 Å². The van der Waals surface area contributed by atoms with Gasteiger partial charge in [-0.05, 0) is 48.9 Å². The number of carbonyl (C=O) groups excluding carboxylic acids is 1. The molecule has 0 atom stereocenters. The van der Waals surface area contributed by atoms with Crippen molar-refractivity contribution in [2.24, 2.45) is 0 Å². The molecule has 0 radical (unpaired) electrons. The fourth-order valence-corrected chi connectivity index (χ4v) is 3.35. The summed E-state index contributed by atoms with van der Waals surface area (Å²) in [5, 5.41) is 5.72. The third-order valence-corrected chi connectivity index (χ3v) is 4.79. The van der Waals surface area contributed by atoms with E-state index in [1.807, 2.05) is 6.07 Å². The van der Waals surface area contributed by atoms with Gasteiger partial charge in [0.25, 0.3) is 0 Å². The molecule has 2 N–H and O–H groups in total. The maximum absolute atomic E-state index is 11.8. The third-order valence-electron chi connectivity index (χ3n) is 4.79. The molecule has 0 bridgehead atoms. The lowest BCUT2D eigenvalue weighted by Crippen LogP contribution is -2.44. The number of nitrogens with zero attached hydrogens (tertiary/aromatic N) is 1. The number of urea groups is 1. The Labute approximate surface area is 149 Å². The van der Waals surface area contributed by atoms with E-state index in [2.05, 4.69) is 27.7 Å². The molecule has 3 rings (SSSR count). The summed E-state index contributed by atoms with van der Waals surface area (Å²) in [6.45, 7) is 5.95. The molecule has 0 spiro atoms. The molecular weight excluding hydrogens is 318 g/mol. The van der Waals surface area contributed by atoms with E-state index in [0.29, 0.717) is 19.7 Å². The zero-order chi connectivity index (χ0) is 17.3. The van der Waals surface area contributed by atoms with Gasteiger partial charge in [-0.2, -0.15) is 0 Å². The molecule has 138 valence electrons. The minimum Gasteiger partial charge on any atom is -0.492 e. The van der Waals surface area contributed by atoms with Gasteiger partial charge in [0.1, 0.15) is 12.4 Å². The minimum absolute atomic E-state index is 0.137. The summed E-state index contributed by atoms with van der Waals surface area (Å²) in [6.07, 6.45) is 4.89. The second-order valence-electron chi connectivity index (χ2n) is 6.62. The third kappa shape index (κ3) is 5.90. The largest absolute Gasteiger partial charge is 0.492 e. The van der Waals surface area contributed by atoms with Crippen LogP contribution < -0.4 is 15.4 Å². The highest BCUT2D eigenvalue weighted by atomic mass is 16.5. The van der Waals surface area contributed by atoms with Crippen molar-refractivity contribution in [2.75, 3.05) is 52.5 Å². The Hall–Kier alpha value is -1.79. The number of fused-ring (bicyclic) bond motifs is 1. The molecule has 0 aromatic heterocycles. The molecule has 6 nitrogen and oxygen atoms in total. The minimum atomic E-state index is -0.137. The first-order chi connectivity index (χ1) is 12.3. The quantitative estimate of drug-likeness (QED) is 0.735. The molecule has 1 heterocycles. The summed E-state index contributed by atoms with van der Waals surface area (Å²) in [5.74, 6) is 0.898. The topological polar surface area (TPSA) is 62.8 Å². The Morgan fingerprint density at radius 3 is 2.68 bits per heavy atom. The van der Waals surface area contributed by atoms with Gasteiger partial charge in [0.15, 0.2) is 0 Å². The highest BCUT2D eigenvalue weighted by Crippen LogP contribution is 2.25. The van der Waals surface area contributed by atoms with Crippen molar-refractivity contribution in [3.8, 4) is 5.75 Å². The Balaban J connectivity index is 1.27. The first-order valence-corrected chi connectivity index (χ1v) is 9.38. The number of nitrogens with one attached hydrogen (secondary N) is 2. The van der Waals surface area contributed by atoms with Crippen molar-refractivity contribution in [3.05, 3.63) is 29.3 Å². The SMILES string of the molecule is O=C(NCCOc1ccc2c(c1)CCCC2)NCCN1CCOCC1. The van der Waals surface area contributed by atoms with E-state index < -0.39 is 0 Å². The molecule has 1 saturated heterocycles. The molecule has 25 heavy (non-hydrogen) atoms. The number of carbonyl (C=O) groups is 1. The molecule has 1 aliphatic carbocycles. The van der Waals surface area contributed by atoms with E-state index in [9.17, 15) is 4.79 Å². The van der Waals surface area contributed by atoms with Crippen LogP contribution in [0.3, 0.4) is 0 Å².